The standard InChI is InChI=1S/C8H8O3.C2H6O/c9-7-3-1-6(2-4-7)5-8(10)11;1-2-3/h1-4,9H,5H2,(H,10,11);3H,2H2,1H3. The average Bonchev–Trinajstić information content (AvgIpc) is 2.09. The monoisotopic (exact) mass is 198 g/mol. The van der Waals surface area contributed by atoms with Crippen molar-refractivity contribution in [1.29, 1.82) is 0 Å². The van der Waals surface area contributed by atoms with Gasteiger partial charge in [-0.05, 0) is 24.6 Å². The molecule has 4 heteroatoms. The highest BCUT2D eigenvalue weighted by Crippen LogP contribution is 2.09. The predicted molar refractivity (Wildman–Crippen MR) is 52.2 cm³/mol. The SMILES string of the molecule is CCO.O=C(O)Cc1ccc(O)cc1. The fourth-order valence-corrected chi connectivity index (χ4v) is 0.788. The Kier molecular flexibility index (Phi) is 6.15. The maximum absolute atomic E-state index is 10.2. The second-order valence-electron chi connectivity index (χ2n) is 2.55. The lowest BCUT2D eigenvalue weighted by Gasteiger charge is -1.95. The molecule has 14 heavy (non-hydrogen) atoms. The fourth-order valence-electron chi connectivity index (χ4n) is 0.788. The molecule has 1 rings (SSSR count). The molecule has 3 N–H and O–H groups in total. The van der Waals surface area contributed by atoms with Gasteiger partial charge >= 0.3 is 5.97 Å². The number of benzene rings is 1. The maximum atomic E-state index is 10.2. The summed E-state index contributed by atoms with van der Waals surface area (Å²) < 4.78 is 0. The van der Waals surface area contributed by atoms with Crippen LogP contribution >= 0.6 is 0 Å². The van der Waals surface area contributed by atoms with Gasteiger partial charge in [0.15, 0.2) is 0 Å². The molecule has 78 valence electrons. The molecule has 0 radical (unpaired) electrons. The molecular weight excluding hydrogens is 184 g/mol. The summed E-state index contributed by atoms with van der Waals surface area (Å²) >= 11 is 0. The van der Waals surface area contributed by atoms with Crippen LogP contribution in [0.4, 0.5) is 0 Å². The van der Waals surface area contributed by atoms with E-state index in [-0.39, 0.29) is 18.8 Å². The number of hydrogen-bond acceptors (Lipinski definition) is 3. The van der Waals surface area contributed by atoms with Gasteiger partial charge in [0, 0.05) is 6.61 Å². The molecule has 1 aromatic rings. The molecule has 4 nitrogen and oxygen atoms in total. The van der Waals surface area contributed by atoms with Crippen molar-refractivity contribution in [3.05, 3.63) is 29.8 Å². The summed E-state index contributed by atoms with van der Waals surface area (Å²) in [4.78, 5) is 10.2. The Balaban J connectivity index is 0.000000500. The topological polar surface area (TPSA) is 77.8 Å². The van der Waals surface area contributed by atoms with E-state index < -0.39 is 5.97 Å². The molecule has 0 atom stereocenters. The molecule has 0 fully saturated rings. The van der Waals surface area contributed by atoms with Crippen LogP contribution in [0, 0.1) is 0 Å². The van der Waals surface area contributed by atoms with Gasteiger partial charge in [-0.2, -0.15) is 0 Å². The van der Waals surface area contributed by atoms with Gasteiger partial charge in [-0.25, -0.2) is 0 Å². The van der Waals surface area contributed by atoms with Gasteiger partial charge in [0.2, 0.25) is 0 Å². The average molecular weight is 198 g/mol. The first kappa shape index (κ1) is 12.4. The minimum absolute atomic E-state index is 0.000278. The van der Waals surface area contributed by atoms with Gasteiger partial charge in [-0.3, -0.25) is 4.79 Å². The summed E-state index contributed by atoms with van der Waals surface area (Å²) in [5.41, 5.74) is 0.690. The predicted octanol–water partition coefficient (Wildman–Crippen LogP) is 1.02. The third-order valence-electron chi connectivity index (χ3n) is 1.29. The third kappa shape index (κ3) is 6.02. The zero-order valence-electron chi connectivity index (χ0n) is 7.97. The van der Waals surface area contributed by atoms with Crippen LogP contribution in [-0.4, -0.2) is 27.9 Å². The van der Waals surface area contributed by atoms with Crippen LogP contribution < -0.4 is 0 Å². The summed E-state index contributed by atoms with van der Waals surface area (Å²) in [5.74, 6) is -0.713. The van der Waals surface area contributed by atoms with Crippen molar-refractivity contribution >= 4 is 5.97 Å². The Morgan fingerprint density at radius 3 is 2.07 bits per heavy atom. The Morgan fingerprint density at radius 2 is 1.71 bits per heavy atom. The highest BCUT2D eigenvalue weighted by Gasteiger charge is 1.98. The van der Waals surface area contributed by atoms with Crippen molar-refractivity contribution in [2.45, 2.75) is 13.3 Å². The van der Waals surface area contributed by atoms with Crippen LogP contribution in [0.1, 0.15) is 12.5 Å². The number of aliphatic carboxylic acids is 1. The van der Waals surface area contributed by atoms with Gasteiger partial charge in [0.25, 0.3) is 0 Å². The lowest BCUT2D eigenvalue weighted by atomic mass is 10.1. The molecule has 0 saturated carbocycles. The van der Waals surface area contributed by atoms with E-state index in [2.05, 4.69) is 0 Å². The largest absolute Gasteiger partial charge is 0.508 e. The molecule has 0 heterocycles. The van der Waals surface area contributed by atoms with Crippen molar-refractivity contribution in [2.75, 3.05) is 6.61 Å². The molecule has 0 aliphatic carbocycles. The van der Waals surface area contributed by atoms with Crippen molar-refractivity contribution in [1.82, 2.24) is 0 Å². The number of carboxylic acid groups (broad SMARTS) is 1. The minimum Gasteiger partial charge on any atom is -0.508 e. The van der Waals surface area contributed by atoms with Crippen LogP contribution in [0.25, 0.3) is 0 Å². The summed E-state index contributed by atoms with van der Waals surface area (Å²) in [6.45, 7) is 1.93. The Bertz CT molecular complexity index is 266. The molecular formula is C10H14O4. The van der Waals surface area contributed by atoms with E-state index in [0.717, 1.165) is 0 Å². The summed E-state index contributed by atoms with van der Waals surface area (Å²) in [6, 6.07) is 6.11. The first-order valence-electron chi connectivity index (χ1n) is 4.20. The third-order valence-corrected chi connectivity index (χ3v) is 1.29. The van der Waals surface area contributed by atoms with Gasteiger partial charge in [-0.1, -0.05) is 12.1 Å². The summed E-state index contributed by atoms with van der Waals surface area (Å²) in [7, 11) is 0. The van der Waals surface area contributed by atoms with Crippen LogP contribution in [0.3, 0.4) is 0 Å². The van der Waals surface area contributed by atoms with E-state index in [9.17, 15) is 4.79 Å². The molecule has 0 aromatic heterocycles. The lowest BCUT2D eigenvalue weighted by Crippen LogP contribution is -1.98. The van der Waals surface area contributed by atoms with Gasteiger partial charge in [-0.15, -0.1) is 0 Å². The zero-order chi connectivity index (χ0) is 11.0. The van der Waals surface area contributed by atoms with Gasteiger partial charge in [0.05, 0.1) is 6.42 Å². The van der Waals surface area contributed by atoms with E-state index in [0.29, 0.717) is 5.56 Å². The van der Waals surface area contributed by atoms with E-state index in [1.54, 1.807) is 19.1 Å². The molecule has 0 aliphatic heterocycles. The molecule has 0 unspecified atom stereocenters. The summed E-state index contributed by atoms with van der Waals surface area (Å²) in [6.07, 6.45) is 0.000278. The van der Waals surface area contributed by atoms with Crippen LogP contribution in [0.15, 0.2) is 24.3 Å². The highest BCUT2D eigenvalue weighted by molar-refractivity contribution is 5.70. The van der Waals surface area contributed by atoms with Crippen molar-refractivity contribution in [3.63, 3.8) is 0 Å². The van der Waals surface area contributed by atoms with Crippen molar-refractivity contribution in [2.24, 2.45) is 0 Å². The number of carboxylic acids is 1. The minimum atomic E-state index is -0.865. The smallest absolute Gasteiger partial charge is 0.307 e. The van der Waals surface area contributed by atoms with Crippen molar-refractivity contribution in [3.8, 4) is 5.75 Å². The van der Waals surface area contributed by atoms with E-state index in [1.807, 2.05) is 0 Å². The maximum Gasteiger partial charge on any atom is 0.307 e. The number of carbonyl (C=O) groups is 1. The number of aliphatic hydroxyl groups is 1. The normalized spacial score (nSPS) is 8.71. The first-order chi connectivity index (χ1) is 6.60. The number of phenolic OH excluding ortho intramolecular Hbond substituents is 1. The second-order valence-corrected chi connectivity index (χ2v) is 2.55. The fraction of sp³-hybridized carbons (Fsp3) is 0.300. The zero-order valence-corrected chi connectivity index (χ0v) is 7.97. The number of phenols is 1. The Hall–Kier alpha value is -1.55. The van der Waals surface area contributed by atoms with E-state index in [1.165, 1.54) is 12.1 Å². The van der Waals surface area contributed by atoms with Crippen LogP contribution in [0.2, 0.25) is 0 Å². The van der Waals surface area contributed by atoms with E-state index in [4.69, 9.17) is 15.3 Å². The number of hydrogen-bond donors (Lipinski definition) is 3. The van der Waals surface area contributed by atoms with E-state index >= 15 is 0 Å². The molecule has 0 saturated heterocycles. The first-order valence-corrected chi connectivity index (χ1v) is 4.20. The lowest BCUT2D eigenvalue weighted by molar-refractivity contribution is -0.136. The second kappa shape index (κ2) is 6.91. The Morgan fingerprint density at radius 1 is 1.29 bits per heavy atom. The van der Waals surface area contributed by atoms with Gasteiger partial charge in [0.1, 0.15) is 5.75 Å². The summed E-state index contributed by atoms with van der Waals surface area (Å²) in [5, 5.41) is 24.8. The Labute approximate surface area is 82.4 Å². The molecule has 0 bridgehead atoms. The number of aliphatic hydroxyl groups excluding tert-OH is 1. The number of rotatable bonds is 2. The number of aromatic hydroxyl groups is 1. The van der Waals surface area contributed by atoms with Crippen LogP contribution in [0.5, 0.6) is 5.75 Å². The quantitative estimate of drug-likeness (QED) is 0.663. The molecule has 0 aliphatic rings. The van der Waals surface area contributed by atoms with Gasteiger partial charge < -0.3 is 15.3 Å². The highest BCUT2D eigenvalue weighted by atomic mass is 16.4. The van der Waals surface area contributed by atoms with Crippen LogP contribution in [-0.2, 0) is 11.2 Å². The van der Waals surface area contributed by atoms with Crippen molar-refractivity contribution < 1.29 is 20.1 Å². The molecule has 1 aromatic carbocycles. The molecule has 0 amide bonds. The molecule has 0 spiro atoms.